The largest absolute Gasteiger partial charge is 0.494 e. The van der Waals surface area contributed by atoms with Crippen molar-refractivity contribution >= 4 is 35.0 Å². The summed E-state index contributed by atoms with van der Waals surface area (Å²) in [6, 6.07) is 19.7. The van der Waals surface area contributed by atoms with Gasteiger partial charge in [-0.2, -0.15) is 0 Å². The molecule has 1 atom stereocenters. The average molecular weight is 633 g/mol. The molecule has 2 heterocycles. The van der Waals surface area contributed by atoms with Gasteiger partial charge in [0, 0.05) is 10.6 Å². The molecule has 0 N–H and O–H groups in total. The van der Waals surface area contributed by atoms with E-state index in [-0.39, 0.29) is 18.8 Å². The molecule has 1 aliphatic heterocycles. The summed E-state index contributed by atoms with van der Waals surface area (Å²) in [6.07, 6.45) is 1.79. The van der Waals surface area contributed by atoms with Gasteiger partial charge in [0.25, 0.3) is 5.56 Å². The number of carbonyl (C=O) groups is 1. The molecular formula is C34H33ClN2O6S. The van der Waals surface area contributed by atoms with E-state index in [0.29, 0.717) is 56.1 Å². The maximum absolute atomic E-state index is 14.0. The number of ether oxygens (including phenoxy) is 4. The molecule has 4 aromatic rings. The monoisotopic (exact) mass is 632 g/mol. The highest BCUT2D eigenvalue weighted by Crippen LogP contribution is 2.32. The lowest BCUT2D eigenvalue weighted by Gasteiger charge is -2.24. The van der Waals surface area contributed by atoms with Crippen molar-refractivity contribution in [3.05, 3.63) is 119 Å². The van der Waals surface area contributed by atoms with Gasteiger partial charge in [-0.3, -0.25) is 9.36 Å². The zero-order valence-corrected chi connectivity index (χ0v) is 26.5. The summed E-state index contributed by atoms with van der Waals surface area (Å²) in [7, 11) is 0. The third-order valence-corrected chi connectivity index (χ3v) is 8.28. The Kier molecular flexibility index (Phi) is 9.87. The van der Waals surface area contributed by atoms with E-state index in [0.717, 1.165) is 16.7 Å². The number of carbonyl (C=O) groups excluding carboxylic acids is 1. The van der Waals surface area contributed by atoms with Crippen LogP contribution in [0.15, 0.2) is 87.8 Å². The first-order chi connectivity index (χ1) is 21.3. The number of benzene rings is 3. The highest BCUT2D eigenvalue weighted by atomic mass is 35.5. The van der Waals surface area contributed by atoms with Crippen molar-refractivity contribution in [3.8, 4) is 17.2 Å². The molecule has 0 unspecified atom stereocenters. The summed E-state index contributed by atoms with van der Waals surface area (Å²) in [6.45, 7) is 8.77. The van der Waals surface area contributed by atoms with Crippen LogP contribution in [-0.4, -0.2) is 30.4 Å². The SMILES string of the molecule is CCOC(=O)C1=C(C)N=c2s/c(=C\c3ccc(OCc4ccccc4Cl)c(OCC)c3)c(=O)n2[C@@H]1c1ccc(OCC)cc1. The Morgan fingerprint density at radius 3 is 2.41 bits per heavy atom. The fourth-order valence-electron chi connectivity index (χ4n) is 4.94. The molecule has 3 aromatic carbocycles. The number of halogens is 1. The number of allylic oxidation sites excluding steroid dienone is 1. The van der Waals surface area contributed by atoms with Crippen LogP contribution in [0.25, 0.3) is 6.08 Å². The number of thiazole rings is 1. The lowest BCUT2D eigenvalue weighted by atomic mass is 9.96. The minimum atomic E-state index is -0.706. The van der Waals surface area contributed by atoms with Crippen LogP contribution >= 0.6 is 22.9 Å². The highest BCUT2D eigenvalue weighted by molar-refractivity contribution is 7.07. The van der Waals surface area contributed by atoms with Crippen LogP contribution in [-0.2, 0) is 16.1 Å². The molecule has 8 nitrogen and oxygen atoms in total. The van der Waals surface area contributed by atoms with E-state index in [1.165, 1.54) is 11.3 Å². The van der Waals surface area contributed by atoms with Crippen molar-refractivity contribution in [3.63, 3.8) is 0 Å². The minimum Gasteiger partial charge on any atom is -0.494 e. The molecule has 228 valence electrons. The van der Waals surface area contributed by atoms with Gasteiger partial charge in [-0.25, -0.2) is 9.79 Å². The molecule has 0 saturated heterocycles. The predicted octanol–water partition coefficient (Wildman–Crippen LogP) is 5.83. The number of nitrogens with zero attached hydrogens (tertiary/aromatic N) is 2. The second kappa shape index (κ2) is 14.0. The molecule has 0 bridgehead atoms. The van der Waals surface area contributed by atoms with Gasteiger partial charge in [0.1, 0.15) is 12.4 Å². The van der Waals surface area contributed by atoms with Gasteiger partial charge in [-0.1, -0.05) is 59.3 Å². The van der Waals surface area contributed by atoms with E-state index in [1.54, 1.807) is 24.5 Å². The summed E-state index contributed by atoms with van der Waals surface area (Å²) < 4.78 is 24.9. The van der Waals surface area contributed by atoms with Crippen LogP contribution in [0.4, 0.5) is 0 Å². The molecule has 0 spiro atoms. The summed E-state index contributed by atoms with van der Waals surface area (Å²) in [4.78, 5) is 32.3. The van der Waals surface area contributed by atoms with Gasteiger partial charge in [-0.15, -0.1) is 0 Å². The Morgan fingerprint density at radius 2 is 1.70 bits per heavy atom. The van der Waals surface area contributed by atoms with E-state index in [2.05, 4.69) is 4.99 Å². The third-order valence-electron chi connectivity index (χ3n) is 6.93. The first-order valence-corrected chi connectivity index (χ1v) is 15.6. The summed E-state index contributed by atoms with van der Waals surface area (Å²) >= 11 is 7.56. The van der Waals surface area contributed by atoms with Crippen LogP contribution in [0.1, 0.15) is 50.4 Å². The quantitative estimate of drug-likeness (QED) is 0.193. The van der Waals surface area contributed by atoms with E-state index in [4.69, 9.17) is 30.5 Å². The third kappa shape index (κ3) is 6.59. The first kappa shape index (κ1) is 31.1. The van der Waals surface area contributed by atoms with E-state index < -0.39 is 12.0 Å². The molecule has 0 fully saturated rings. The van der Waals surface area contributed by atoms with E-state index in [9.17, 15) is 9.59 Å². The maximum Gasteiger partial charge on any atom is 0.338 e. The lowest BCUT2D eigenvalue weighted by molar-refractivity contribution is -0.139. The topological polar surface area (TPSA) is 88.4 Å². The van der Waals surface area contributed by atoms with Crippen molar-refractivity contribution in [2.45, 2.75) is 40.3 Å². The van der Waals surface area contributed by atoms with Crippen LogP contribution < -0.4 is 29.1 Å². The van der Waals surface area contributed by atoms with Crippen LogP contribution in [0.5, 0.6) is 17.2 Å². The van der Waals surface area contributed by atoms with Gasteiger partial charge in [0.05, 0.1) is 41.7 Å². The molecule has 1 aliphatic rings. The fourth-order valence-corrected chi connectivity index (χ4v) is 6.18. The normalized spacial score (nSPS) is 14.6. The minimum absolute atomic E-state index is 0.205. The summed E-state index contributed by atoms with van der Waals surface area (Å²) in [5.74, 6) is 1.31. The molecule has 0 amide bonds. The fraction of sp³-hybridized carbons (Fsp3) is 0.265. The van der Waals surface area contributed by atoms with Crippen LogP contribution in [0.3, 0.4) is 0 Å². The van der Waals surface area contributed by atoms with Crippen molar-refractivity contribution in [2.75, 3.05) is 19.8 Å². The zero-order chi connectivity index (χ0) is 31.2. The first-order valence-electron chi connectivity index (χ1n) is 14.4. The maximum atomic E-state index is 14.0. The van der Waals surface area contributed by atoms with Crippen LogP contribution in [0.2, 0.25) is 5.02 Å². The molecule has 5 rings (SSSR count). The summed E-state index contributed by atoms with van der Waals surface area (Å²) in [5.41, 5.74) is 2.93. The van der Waals surface area contributed by atoms with E-state index in [1.807, 2.05) is 80.6 Å². The Balaban J connectivity index is 1.55. The second-order valence-electron chi connectivity index (χ2n) is 9.82. The van der Waals surface area contributed by atoms with Crippen molar-refractivity contribution in [2.24, 2.45) is 4.99 Å². The summed E-state index contributed by atoms with van der Waals surface area (Å²) in [5, 5.41) is 0.627. The van der Waals surface area contributed by atoms with Gasteiger partial charge in [0.15, 0.2) is 16.3 Å². The number of hydrogen-bond acceptors (Lipinski definition) is 8. The van der Waals surface area contributed by atoms with Crippen molar-refractivity contribution < 1.29 is 23.7 Å². The Labute approximate surface area is 264 Å². The molecule has 1 aromatic heterocycles. The predicted molar refractivity (Wildman–Crippen MR) is 171 cm³/mol. The Hall–Kier alpha value is -4.34. The Bertz CT molecular complexity index is 1880. The highest BCUT2D eigenvalue weighted by Gasteiger charge is 2.33. The lowest BCUT2D eigenvalue weighted by Crippen LogP contribution is -2.39. The zero-order valence-electron chi connectivity index (χ0n) is 25.0. The molecule has 10 heteroatoms. The van der Waals surface area contributed by atoms with Gasteiger partial charge >= 0.3 is 5.97 Å². The number of fused-ring (bicyclic) bond motifs is 1. The van der Waals surface area contributed by atoms with Crippen LogP contribution in [0, 0.1) is 0 Å². The van der Waals surface area contributed by atoms with Gasteiger partial charge in [-0.05, 0) is 75.2 Å². The number of hydrogen-bond donors (Lipinski definition) is 0. The molecule has 0 aliphatic carbocycles. The molecule has 0 saturated carbocycles. The van der Waals surface area contributed by atoms with E-state index >= 15 is 0 Å². The average Bonchev–Trinajstić information content (AvgIpc) is 3.31. The van der Waals surface area contributed by atoms with Crippen molar-refractivity contribution in [1.29, 1.82) is 0 Å². The second-order valence-corrected chi connectivity index (χ2v) is 11.2. The smallest absolute Gasteiger partial charge is 0.338 e. The number of rotatable bonds is 11. The van der Waals surface area contributed by atoms with Gasteiger partial charge in [0.2, 0.25) is 0 Å². The number of aromatic nitrogens is 1. The Morgan fingerprint density at radius 1 is 0.955 bits per heavy atom. The van der Waals surface area contributed by atoms with Gasteiger partial charge < -0.3 is 18.9 Å². The molecular weight excluding hydrogens is 600 g/mol. The number of esters is 1. The van der Waals surface area contributed by atoms with Crippen molar-refractivity contribution in [1.82, 2.24) is 4.57 Å². The molecule has 0 radical (unpaired) electrons. The standard InChI is InChI=1S/C34H33ClN2O6S/c1-5-40-25-15-13-23(14-16-25)31-30(33(39)42-7-3)21(4)36-34-37(31)32(38)29(44-34)19-22-12-17-27(28(18-22)41-6-2)43-20-24-10-8-9-11-26(24)35/h8-19,31H,5-7,20H2,1-4H3/b29-19-/t31-/m1/s1. The molecule has 44 heavy (non-hydrogen) atoms.